The Balaban J connectivity index is 0.797. The van der Waals surface area contributed by atoms with Crippen LogP contribution in [0.2, 0.25) is 0 Å². The molecule has 0 spiro atoms. The van der Waals surface area contributed by atoms with Crippen LogP contribution in [0.25, 0.3) is 0 Å². The average Bonchev–Trinajstić information content (AvgIpc) is 1.21. The SMILES string of the molecule is C=C(C)C(=O)OCCN(C(=O)Cc1ccc(Cc2ccc(CC(=O)OCC3CCC(COC(=O)OCCCCCCOC(=O)OCCCCCCOC(=O)Nc4ccc(Cc5ccc(NC(=O)N(CCOC(=O)C(=C)C)C(C)(C)C)cc5)cc4)CC3)cc2)cc1)C(C)(C)C. The van der Waals surface area contributed by atoms with Gasteiger partial charge in [0, 0.05) is 33.6 Å². The zero-order valence-electron chi connectivity index (χ0n) is 56.6. The molecule has 1 aliphatic rings. The molecule has 2 N–H and O–H groups in total. The Hall–Kier alpha value is -8.68. The molecule has 20 heteroatoms. The highest BCUT2D eigenvalue weighted by molar-refractivity contribution is 5.90. The van der Waals surface area contributed by atoms with Crippen LogP contribution < -0.4 is 10.6 Å². The Labute approximate surface area is 555 Å². The molecule has 4 amide bonds. The van der Waals surface area contributed by atoms with Gasteiger partial charge in [-0.25, -0.2) is 28.8 Å². The summed E-state index contributed by atoms with van der Waals surface area (Å²) >= 11 is 0. The van der Waals surface area contributed by atoms with Crippen LogP contribution in [0, 0.1) is 11.8 Å². The highest BCUT2D eigenvalue weighted by atomic mass is 16.7. The third-order valence-electron chi connectivity index (χ3n) is 15.8. The van der Waals surface area contributed by atoms with Crippen LogP contribution >= 0.6 is 0 Å². The molecule has 0 aromatic heterocycles. The Morgan fingerprint density at radius 1 is 0.415 bits per heavy atom. The molecule has 0 heterocycles. The molecule has 1 fully saturated rings. The minimum absolute atomic E-state index is 0.0491. The molecule has 20 nitrogen and oxygen atoms in total. The van der Waals surface area contributed by atoms with E-state index in [4.69, 9.17) is 37.9 Å². The summed E-state index contributed by atoms with van der Waals surface area (Å²) in [6.45, 7) is 24.2. The lowest BCUT2D eigenvalue weighted by Gasteiger charge is -2.35. The fraction of sp³-hybridized carbons (Fsp3) is 0.514. The summed E-state index contributed by atoms with van der Waals surface area (Å²) in [7, 11) is 0. The van der Waals surface area contributed by atoms with Gasteiger partial charge in [0.1, 0.15) is 13.2 Å². The van der Waals surface area contributed by atoms with Gasteiger partial charge >= 0.3 is 42.3 Å². The van der Waals surface area contributed by atoms with E-state index >= 15 is 0 Å². The summed E-state index contributed by atoms with van der Waals surface area (Å²) in [5.41, 5.74) is 6.93. The highest BCUT2D eigenvalue weighted by Gasteiger charge is 2.29. The molecular formula is C74H100N4O16. The average molecular weight is 1300 g/mol. The second-order valence-corrected chi connectivity index (χ2v) is 26.1. The number of nitrogens with zero attached hydrogens (tertiary/aromatic N) is 2. The highest BCUT2D eigenvalue weighted by Crippen LogP contribution is 2.30. The first-order chi connectivity index (χ1) is 44.8. The van der Waals surface area contributed by atoms with Gasteiger partial charge in [-0.2, -0.15) is 0 Å². The number of rotatable bonds is 36. The second kappa shape index (κ2) is 39.8. The van der Waals surface area contributed by atoms with Gasteiger partial charge in [-0.3, -0.25) is 14.9 Å². The number of urea groups is 1. The number of anilines is 2. The normalized spacial score (nSPS) is 13.7. The molecular weight excluding hydrogens is 1200 g/mol. The Morgan fingerprint density at radius 3 is 1.18 bits per heavy atom. The molecule has 0 bridgehead atoms. The number of hydrogen-bond acceptors (Lipinski definition) is 16. The van der Waals surface area contributed by atoms with E-state index in [0.29, 0.717) is 80.8 Å². The van der Waals surface area contributed by atoms with Gasteiger partial charge in [0.2, 0.25) is 5.91 Å². The Morgan fingerprint density at radius 2 is 0.766 bits per heavy atom. The molecule has 0 atom stereocenters. The number of amides is 4. The topological polar surface area (TPSA) is 241 Å². The largest absolute Gasteiger partial charge is 0.508 e. The fourth-order valence-corrected chi connectivity index (χ4v) is 10.3. The first-order valence-electron chi connectivity index (χ1n) is 32.9. The summed E-state index contributed by atoms with van der Waals surface area (Å²) in [6, 6.07) is 30.6. The molecule has 0 aliphatic heterocycles. The molecule has 512 valence electrons. The number of carbonyl (C=O) groups is 8. The number of benzene rings is 4. The van der Waals surface area contributed by atoms with Crippen LogP contribution in [0.15, 0.2) is 121 Å². The second-order valence-electron chi connectivity index (χ2n) is 26.1. The lowest BCUT2D eigenvalue weighted by atomic mass is 9.83. The van der Waals surface area contributed by atoms with E-state index in [1.807, 2.05) is 139 Å². The third kappa shape index (κ3) is 29.9. The van der Waals surface area contributed by atoms with E-state index in [1.165, 1.54) is 0 Å². The van der Waals surface area contributed by atoms with Gasteiger partial charge in [0.25, 0.3) is 0 Å². The van der Waals surface area contributed by atoms with E-state index in [2.05, 4.69) is 23.8 Å². The van der Waals surface area contributed by atoms with Gasteiger partial charge < -0.3 is 53.0 Å². The zero-order valence-corrected chi connectivity index (χ0v) is 56.6. The van der Waals surface area contributed by atoms with Crippen LogP contribution in [0.4, 0.5) is 30.6 Å². The van der Waals surface area contributed by atoms with Crippen molar-refractivity contribution in [2.45, 2.75) is 169 Å². The van der Waals surface area contributed by atoms with Gasteiger partial charge in [-0.05, 0) is 215 Å². The van der Waals surface area contributed by atoms with Crippen LogP contribution in [0.5, 0.6) is 0 Å². The Kier molecular flexibility index (Phi) is 32.2. The van der Waals surface area contributed by atoms with Crippen molar-refractivity contribution in [1.29, 1.82) is 0 Å². The van der Waals surface area contributed by atoms with Gasteiger partial charge in [-0.1, -0.05) is 86.0 Å². The molecule has 0 saturated heterocycles. The summed E-state index contributed by atoms with van der Waals surface area (Å²) < 4.78 is 42.5. The summed E-state index contributed by atoms with van der Waals surface area (Å²) in [5, 5.41) is 5.68. The number of ether oxygens (including phenoxy) is 8. The lowest BCUT2D eigenvalue weighted by Crippen LogP contribution is -2.49. The predicted molar refractivity (Wildman–Crippen MR) is 360 cm³/mol. The summed E-state index contributed by atoms with van der Waals surface area (Å²) in [4.78, 5) is 103. The van der Waals surface area contributed by atoms with Crippen molar-refractivity contribution in [1.82, 2.24) is 9.80 Å². The number of hydrogen-bond donors (Lipinski definition) is 2. The van der Waals surface area contributed by atoms with Crippen molar-refractivity contribution in [3.63, 3.8) is 0 Å². The van der Waals surface area contributed by atoms with Crippen LogP contribution in [0.1, 0.15) is 166 Å². The molecule has 0 unspecified atom stereocenters. The van der Waals surface area contributed by atoms with Crippen molar-refractivity contribution in [3.8, 4) is 0 Å². The van der Waals surface area contributed by atoms with E-state index in [0.717, 1.165) is 84.7 Å². The van der Waals surface area contributed by atoms with Crippen molar-refractivity contribution in [2.24, 2.45) is 11.8 Å². The zero-order chi connectivity index (χ0) is 68.5. The van der Waals surface area contributed by atoms with Crippen LogP contribution in [-0.4, -0.2) is 135 Å². The Bertz CT molecular complexity index is 3070. The molecule has 94 heavy (non-hydrogen) atoms. The lowest BCUT2D eigenvalue weighted by molar-refractivity contribution is -0.144. The van der Waals surface area contributed by atoms with E-state index < -0.39 is 41.4 Å². The molecule has 4 aromatic rings. The standard InChI is InChI=1S/C74H100N4O16/c1-53(2)67(81)87-45-39-77(73(5,6)7)65(79)49-59-23-19-55(20-24-59)47-56-21-25-60(26-22-56)50-66(80)93-51-61-27-29-62(30-28-61)52-94-72(86)92-44-18-14-13-17-43-91-71(85)90-42-16-12-11-15-41-89-70(84)76-64-37-33-58(34-38-64)48-57-31-35-63(36-32-57)75-69(83)78(74(8,9)10)40-46-88-68(82)54(3)4/h19-26,31-38,61-62H,1,3,11-18,27-30,39-52H2,2,4-10H3,(H,75,83)(H,76,84). The predicted octanol–water partition coefficient (Wildman–Crippen LogP) is 14.5. The maximum Gasteiger partial charge on any atom is 0.508 e. The van der Waals surface area contributed by atoms with Crippen molar-refractivity contribution in [3.05, 3.63) is 155 Å². The number of unbranched alkanes of at least 4 members (excludes halogenated alkanes) is 6. The quantitative estimate of drug-likeness (QED) is 0.0186. The van der Waals surface area contributed by atoms with Gasteiger partial charge in [-0.15, -0.1) is 0 Å². The number of esters is 3. The minimum Gasteiger partial charge on any atom is -0.465 e. The summed E-state index contributed by atoms with van der Waals surface area (Å²) in [6.07, 6.45) is 9.11. The van der Waals surface area contributed by atoms with Crippen molar-refractivity contribution in [2.75, 3.05) is 76.6 Å². The van der Waals surface area contributed by atoms with Crippen LogP contribution in [0.3, 0.4) is 0 Å². The fourth-order valence-electron chi connectivity index (χ4n) is 10.3. The first-order valence-corrected chi connectivity index (χ1v) is 32.9. The van der Waals surface area contributed by atoms with Crippen molar-refractivity contribution >= 4 is 59.6 Å². The molecule has 0 radical (unpaired) electrons. The van der Waals surface area contributed by atoms with Gasteiger partial charge in [0.05, 0.1) is 65.6 Å². The smallest absolute Gasteiger partial charge is 0.465 e. The third-order valence-corrected chi connectivity index (χ3v) is 15.8. The van der Waals surface area contributed by atoms with Crippen molar-refractivity contribution < 1.29 is 76.3 Å². The monoisotopic (exact) mass is 1300 g/mol. The molecule has 5 rings (SSSR count). The summed E-state index contributed by atoms with van der Waals surface area (Å²) in [5.74, 6) is -0.793. The first kappa shape index (κ1) is 76.0. The van der Waals surface area contributed by atoms with E-state index in [1.54, 1.807) is 23.6 Å². The number of nitrogens with one attached hydrogen (secondary N) is 2. The molecule has 1 saturated carbocycles. The maximum absolute atomic E-state index is 13.3. The van der Waals surface area contributed by atoms with Gasteiger partial charge in [0.15, 0.2) is 0 Å². The van der Waals surface area contributed by atoms with E-state index in [-0.39, 0.29) is 88.8 Å². The molecule has 4 aromatic carbocycles. The maximum atomic E-state index is 13.3. The minimum atomic E-state index is -0.708. The van der Waals surface area contributed by atoms with E-state index in [9.17, 15) is 38.4 Å². The number of carbonyl (C=O) groups excluding carboxylic acids is 8. The molecule has 1 aliphatic carbocycles. The van der Waals surface area contributed by atoms with Crippen LogP contribution in [-0.2, 0) is 82.8 Å².